The Kier molecular flexibility index (Phi) is 3.97. The normalized spacial score (nSPS) is 16.4. The minimum atomic E-state index is -3.59. The van der Waals surface area contributed by atoms with Crippen molar-refractivity contribution in [2.24, 2.45) is 0 Å². The van der Waals surface area contributed by atoms with E-state index in [0.29, 0.717) is 5.56 Å². The van der Waals surface area contributed by atoms with Crippen molar-refractivity contribution >= 4 is 9.84 Å². The van der Waals surface area contributed by atoms with Crippen LogP contribution >= 0.6 is 0 Å². The average molecular weight is 290 g/mol. The fourth-order valence-electron chi connectivity index (χ4n) is 2.13. The predicted octanol–water partition coefficient (Wildman–Crippen LogP) is 2.76. The maximum Gasteiger partial charge on any atom is 0.184 e. The standard InChI is InChI=1S/C16H18O3S/c1-13(16(2,17)14-9-5-3-6-10-14)20(18,19)15-11-7-4-8-12-15/h3-13,17H,1-2H3. The Hall–Kier alpha value is -1.65. The Morgan fingerprint density at radius 2 is 1.40 bits per heavy atom. The van der Waals surface area contributed by atoms with Gasteiger partial charge in [-0.3, -0.25) is 0 Å². The van der Waals surface area contributed by atoms with Crippen LogP contribution in [-0.4, -0.2) is 18.8 Å². The Balaban J connectivity index is 2.43. The van der Waals surface area contributed by atoms with Gasteiger partial charge in [0, 0.05) is 0 Å². The lowest BCUT2D eigenvalue weighted by Crippen LogP contribution is -2.40. The third-order valence-corrected chi connectivity index (χ3v) is 6.01. The molecule has 0 aliphatic carbocycles. The number of hydrogen-bond acceptors (Lipinski definition) is 3. The summed E-state index contributed by atoms with van der Waals surface area (Å²) in [6.07, 6.45) is 0. The summed E-state index contributed by atoms with van der Waals surface area (Å²) in [5, 5.41) is 9.73. The quantitative estimate of drug-likeness (QED) is 0.942. The van der Waals surface area contributed by atoms with Crippen LogP contribution in [0.15, 0.2) is 65.6 Å². The van der Waals surface area contributed by atoms with Gasteiger partial charge < -0.3 is 5.11 Å². The van der Waals surface area contributed by atoms with Crippen molar-refractivity contribution in [2.75, 3.05) is 0 Å². The van der Waals surface area contributed by atoms with E-state index in [1.54, 1.807) is 54.6 Å². The molecule has 2 rings (SSSR count). The first kappa shape index (κ1) is 14.8. The van der Waals surface area contributed by atoms with Gasteiger partial charge in [-0.1, -0.05) is 48.5 Å². The van der Waals surface area contributed by atoms with Gasteiger partial charge in [-0.2, -0.15) is 0 Å². The first-order valence-corrected chi connectivity index (χ1v) is 7.98. The molecular formula is C16H18O3S. The molecule has 0 saturated heterocycles. The van der Waals surface area contributed by atoms with Crippen molar-refractivity contribution < 1.29 is 13.5 Å². The molecule has 0 bridgehead atoms. The van der Waals surface area contributed by atoms with Gasteiger partial charge in [-0.25, -0.2) is 8.42 Å². The van der Waals surface area contributed by atoms with Crippen LogP contribution in [0, 0.1) is 0 Å². The maximum atomic E-state index is 12.6. The smallest absolute Gasteiger partial charge is 0.184 e. The molecule has 0 aliphatic heterocycles. The summed E-state index contributed by atoms with van der Waals surface area (Å²) in [5.41, 5.74) is -0.859. The van der Waals surface area contributed by atoms with Gasteiger partial charge in [0.25, 0.3) is 0 Å². The van der Waals surface area contributed by atoms with Crippen molar-refractivity contribution in [1.82, 2.24) is 0 Å². The van der Waals surface area contributed by atoms with Crippen LogP contribution in [0.5, 0.6) is 0 Å². The average Bonchev–Trinajstić information content (AvgIpc) is 2.48. The number of hydrogen-bond donors (Lipinski definition) is 1. The molecule has 20 heavy (non-hydrogen) atoms. The Morgan fingerprint density at radius 3 is 1.90 bits per heavy atom. The monoisotopic (exact) mass is 290 g/mol. The highest BCUT2D eigenvalue weighted by molar-refractivity contribution is 7.92. The molecule has 2 aromatic rings. The highest BCUT2D eigenvalue weighted by atomic mass is 32.2. The molecule has 0 heterocycles. The van der Waals surface area contributed by atoms with E-state index in [4.69, 9.17) is 0 Å². The molecule has 0 spiro atoms. The number of rotatable bonds is 4. The van der Waals surface area contributed by atoms with E-state index in [1.165, 1.54) is 13.8 Å². The molecule has 106 valence electrons. The molecular weight excluding hydrogens is 272 g/mol. The summed E-state index contributed by atoms with van der Waals surface area (Å²) in [5.74, 6) is 0. The van der Waals surface area contributed by atoms with Crippen LogP contribution in [0.4, 0.5) is 0 Å². The summed E-state index contributed by atoms with van der Waals surface area (Å²) < 4.78 is 25.2. The first-order chi connectivity index (χ1) is 9.37. The zero-order valence-corrected chi connectivity index (χ0v) is 12.3. The Labute approximate surface area is 119 Å². The van der Waals surface area contributed by atoms with E-state index in [2.05, 4.69) is 0 Å². The van der Waals surface area contributed by atoms with Crippen molar-refractivity contribution in [2.45, 2.75) is 29.6 Å². The van der Waals surface area contributed by atoms with Gasteiger partial charge in [0.1, 0.15) is 5.60 Å². The predicted molar refractivity (Wildman–Crippen MR) is 79.1 cm³/mol. The molecule has 3 nitrogen and oxygen atoms in total. The molecule has 1 N–H and O–H groups in total. The summed E-state index contributed by atoms with van der Waals surface area (Å²) in [4.78, 5) is 0.226. The van der Waals surface area contributed by atoms with Crippen LogP contribution in [0.25, 0.3) is 0 Å². The number of benzene rings is 2. The van der Waals surface area contributed by atoms with Crippen LogP contribution in [0.2, 0.25) is 0 Å². The molecule has 2 aromatic carbocycles. The van der Waals surface area contributed by atoms with Crippen molar-refractivity contribution in [3.05, 3.63) is 66.2 Å². The van der Waals surface area contributed by atoms with Crippen molar-refractivity contribution in [3.63, 3.8) is 0 Å². The fraction of sp³-hybridized carbons (Fsp3) is 0.250. The summed E-state index contributed by atoms with van der Waals surface area (Å²) in [6, 6.07) is 17.1. The minimum absolute atomic E-state index is 0.226. The molecule has 2 atom stereocenters. The first-order valence-electron chi connectivity index (χ1n) is 6.43. The fourth-order valence-corrected chi connectivity index (χ4v) is 3.81. The SMILES string of the molecule is CC(C(C)(O)c1ccccc1)S(=O)(=O)c1ccccc1. The molecule has 2 unspecified atom stereocenters. The minimum Gasteiger partial charge on any atom is -0.384 e. The van der Waals surface area contributed by atoms with E-state index in [-0.39, 0.29) is 4.90 Å². The second-order valence-electron chi connectivity index (χ2n) is 5.01. The van der Waals surface area contributed by atoms with E-state index in [0.717, 1.165) is 0 Å². The van der Waals surface area contributed by atoms with Gasteiger partial charge in [0.15, 0.2) is 9.84 Å². The van der Waals surface area contributed by atoms with Gasteiger partial charge >= 0.3 is 0 Å². The highest BCUT2D eigenvalue weighted by Crippen LogP contribution is 2.32. The van der Waals surface area contributed by atoms with Crippen molar-refractivity contribution in [1.29, 1.82) is 0 Å². The van der Waals surface area contributed by atoms with Crippen LogP contribution in [-0.2, 0) is 15.4 Å². The molecule has 0 radical (unpaired) electrons. The third-order valence-electron chi connectivity index (χ3n) is 3.69. The Morgan fingerprint density at radius 1 is 0.950 bits per heavy atom. The summed E-state index contributed by atoms with van der Waals surface area (Å²) in [7, 11) is -3.59. The van der Waals surface area contributed by atoms with Crippen LogP contribution in [0.3, 0.4) is 0 Å². The van der Waals surface area contributed by atoms with E-state index in [1.807, 2.05) is 6.07 Å². The third kappa shape index (κ3) is 2.62. The second-order valence-corrected chi connectivity index (χ2v) is 7.28. The lowest BCUT2D eigenvalue weighted by molar-refractivity contribution is 0.0564. The molecule has 0 saturated carbocycles. The number of aliphatic hydroxyl groups is 1. The van der Waals surface area contributed by atoms with Crippen molar-refractivity contribution in [3.8, 4) is 0 Å². The lowest BCUT2D eigenvalue weighted by atomic mass is 9.93. The molecule has 0 fully saturated rings. The molecule has 0 amide bonds. The zero-order valence-electron chi connectivity index (χ0n) is 11.5. The number of sulfone groups is 1. The van der Waals surface area contributed by atoms with E-state index in [9.17, 15) is 13.5 Å². The molecule has 4 heteroatoms. The van der Waals surface area contributed by atoms with Crippen LogP contribution in [0.1, 0.15) is 19.4 Å². The van der Waals surface area contributed by atoms with Gasteiger partial charge in [-0.15, -0.1) is 0 Å². The summed E-state index contributed by atoms with van der Waals surface area (Å²) in [6.45, 7) is 3.07. The van der Waals surface area contributed by atoms with Crippen LogP contribution < -0.4 is 0 Å². The Bertz CT molecular complexity index is 661. The molecule has 0 aliphatic rings. The zero-order chi connectivity index (χ0) is 14.8. The van der Waals surface area contributed by atoms with E-state index >= 15 is 0 Å². The van der Waals surface area contributed by atoms with E-state index < -0.39 is 20.7 Å². The molecule has 0 aromatic heterocycles. The second kappa shape index (κ2) is 5.38. The van der Waals surface area contributed by atoms with Gasteiger partial charge in [-0.05, 0) is 31.5 Å². The highest BCUT2D eigenvalue weighted by Gasteiger charge is 2.39. The summed E-state index contributed by atoms with van der Waals surface area (Å²) >= 11 is 0. The lowest BCUT2D eigenvalue weighted by Gasteiger charge is -2.30. The van der Waals surface area contributed by atoms with Gasteiger partial charge in [0.05, 0.1) is 10.1 Å². The largest absolute Gasteiger partial charge is 0.384 e. The topological polar surface area (TPSA) is 54.4 Å². The maximum absolute atomic E-state index is 12.6. The van der Waals surface area contributed by atoms with Gasteiger partial charge in [0.2, 0.25) is 0 Å².